The average Bonchev–Trinajstić information content (AvgIpc) is 3.32. The number of nitrogens with zero attached hydrogens (tertiary/aromatic N) is 1. The van der Waals surface area contributed by atoms with Crippen LogP contribution in [0.3, 0.4) is 0 Å². The Morgan fingerprint density at radius 2 is 1.71 bits per heavy atom. The molecule has 2 aromatic carbocycles. The molecule has 1 aromatic heterocycles. The predicted octanol–water partition coefficient (Wildman–Crippen LogP) is 3.64. The maximum absolute atomic E-state index is 12.9. The van der Waals surface area contributed by atoms with Crippen LogP contribution in [0.5, 0.6) is 5.75 Å². The largest absolute Gasteiger partial charge is 0.497 e. The third-order valence-corrected chi connectivity index (χ3v) is 4.47. The first-order chi connectivity index (χ1) is 15.0. The van der Waals surface area contributed by atoms with Gasteiger partial charge in [-0.15, -0.1) is 0 Å². The zero-order valence-electron chi connectivity index (χ0n) is 17.3. The Morgan fingerprint density at radius 3 is 2.39 bits per heavy atom. The van der Waals surface area contributed by atoms with Crippen molar-refractivity contribution in [2.45, 2.75) is 6.92 Å². The molecule has 0 saturated heterocycles. The van der Waals surface area contributed by atoms with Gasteiger partial charge in [0.25, 0.3) is 11.8 Å². The minimum Gasteiger partial charge on any atom is -0.497 e. The lowest BCUT2D eigenvalue weighted by atomic mass is 10.1. The van der Waals surface area contributed by atoms with E-state index < -0.39 is 5.91 Å². The number of hydrogen-bond acceptors (Lipinski definition) is 5. The van der Waals surface area contributed by atoms with Crippen LogP contribution in [0.25, 0.3) is 0 Å². The van der Waals surface area contributed by atoms with Gasteiger partial charge < -0.3 is 24.7 Å². The van der Waals surface area contributed by atoms with Gasteiger partial charge in [0, 0.05) is 29.5 Å². The number of methoxy groups -OCH3 is 1. The predicted molar refractivity (Wildman–Crippen MR) is 116 cm³/mol. The molecule has 0 fully saturated rings. The Hall–Kier alpha value is -4.07. The molecule has 2 N–H and O–H groups in total. The van der Waals surface area contributed by atoms with Crippen molar-refractivity contribution in [1.82, 2.24) is 4.90 Å². The van der Waals surface area contributed by atoms with Crippen molar-refractivity contribution >= 4 is 29.1 Å². The van der Waals surface area contributed by atoms with Crippen molar-refractivity contribution in [2.24, 2.45) is 0 Å². The number of hydrogen-bond donors (Lipinski definition) is 2. The molecular weight excluding hydrogens is 398 g/mol. The summed E-state index contributed by atoms with van der Waals surface area (Å²) in [6.07, 6.45) is 1.41. The SMILES string of the molecule is CCN(CC(=O)Nc1cccc(OC)c1)C(=O)c1cccc(NC(=O)c2ccco2)c1. The van der Waals surface area contributed by atoms with E-state index in [2.05, 4.69) is 10.6 Å². The van der Waals surface area contributed by atoms with Gasteiger partial charge in [-0.2, -0.15) is 0 Å². The van der Waals surface area contributed by atoms with Crippen LogP contribution >= 0.6 is 0 Å². The number of furan rings is 1. The van der Waals surface area contributed by atoms with Crippen molar-refractivity contribution in [3.63, 3.8) is 0 Å². The van der Waals surface area contributed by atoms with Gasteiger partial charge >= 0.3 is 0 Å². The molecule has 8 heteroatoms. The molecule has 0 aliphatic rings. The van der Waals surface area contributed by atoms with Gasteiger partial charge in [0.2, 0.25) is 5.91 Å². The molecule has 3 amide bonds. The molecule has 8 nitrogen and oxygen atoms in total. The summed E-state index contributed by atoms with van der Waals surface area (Å²) >= 11 is 0. The van der Waals surface area contributed by atoms with Gasteiger partial charge in [0.05, 0.1) is 13.4 Å². The summed E-state index contributed by atoms with van der Waals surface area (Å²) in [5, 5.41) is 5.45. The smallest absolute Gasteiger partial charge is 0.291 e. The average molecular weight is 421 g/mol. The fraction of sp³-hybridized carbons (Fsp3) is 0.174. The first kappa shape index (κ1) is 21.6. The molecule has 0 unspecified atom stereocenters. The third-order valence-electron chi connectivity index (χ3n) is 4.47. The molecule has 31 heavy (non-hydrogen) atoms. The molecule has 0 aliphatic heterocycles. The number of carbonyl (C=O) groups is 3. The fourth-order valence-electron chi connectivity index (χ4n) is 2.91. The summed E-state index contributed by atoms with van der Waals surface area (Å²) < 4.78 is 10.2. The van der Waals surface area contributed by atoms with Crippen LogP contribution in [0, 0.1) is 0 Å². The number of anilines is 2. The van der Waals surface area contributed by atoms with E-state index in [9.17, 15) is 14.4 Å². The summed E-state index contributed by atoms with van der Waals surface area (Å²) in [6.45, 7) is 2.02. The van der Waals surface area contributed by atoms with E-state index in [0.717, 1.165) is 0 Å². The molecule has 0 atom stereocenters. The van der Waals surface area contributed by atoms with Crippen LogP contribution in [0.4, 0.5) is 11.4 Å². The van der Waals surface area contributed by atoms with Crippen LogP contribution in [-0.2, 0) is 4.79 Å². The summed E-state index contributed by atoms with van der Waals surface area (Å²) in [7, 11) is 1.55. The monoisotopic (exact) mass is 421 g/mol. The Morgan fingerprint density at radius 1 is 0.968 bits per heavy atom. The van der Waals surface area contributed by atoms with Gasteiger partial charge in [-0.25, -0.2) is 0 Å². The van der Waals surface area contributed by atoms with E-state index in [1.807, 2.05) is 0 Å². The summed E-state index contributed by atoms with van der Waals surface area (Å²) in [6, 6.07) is 16.7. The number of benzene rings is 2. The Kier molecular flexibility index (Phi) is 7.05. The molecule has 1 heterocycles. The molecular formula is C23H23N3O5. The zero-order valence-corrected chi connectivity index (χ0v) is 17.3. The fourth-order valence-corrected chi connectivity index (χ4v) is 2.91. The first-order valence-electron chi connectivity index (χ1n) is 9.68. The van der Waals surface area contributed by atoms with Crippen molar-refractivity contribution < 1.29 is 23.5 Å². The number of likely N-dealkylation sites (N-methyl/N-ethyl adjacent to an activating group) is 1. The van der Waals surface area contributed by atoms with Gasteiger partial charge in [0.15, 0.2) is 5.76 Å². The lowest BCUT2D eigenvalue weighted by Gasteiger charge is -2.21. The topological polar surface area (TPSA) is 101 Å². The number of ether oxygens (including phenoxy) is 1. The maximum Gasteiger partial charge on any atom is 0.291 e. The van der Waals surface area contributed by atoms with Crippen molar-refractivity contribution in [2.75, 3.05) is 30.8 Å². The molecule has 0 radical (unpaired) electrons. The Balaban J connectivity index is 1.65. The van der Waals surface area contributed by atoms with E-state index in [0.29, 0.717) is 29.2 Å². The van der Waals surface area contributed by atoms with E-state index in [1.54, 1.807) is 74.7 Å². The zero-order chi connectivity index (χ0) is 22.2. The van der Waals surface area contributed by atoms with E-state index in [-0.39, 0.29) is 24.1 Å². The Labute approximate surface area is 179 Å². The lowest BCUT2D eigenvalue weighted by molar-refractivity contribution is -0.116. The van der Waals surface area contributed by atoms with Crippen molar-refractivity contribution in [3.8, 4) is 5.75 Å². The number of rotatable bonds is 8. The van der Waals surface area contributed by atoms with Crippen molar-refractivity contribution in [3.05, 3.63) is 78.3 Å². The van der Waals surface area contributed by atoms with Crippen LogP contribution in [0.2, 0.25) is 0 Å². The van der Waals surface area contributed by atoms with E-state index in [1.165, 1.54) is 11.2 Å². The summed E-state index contributed by atoms with van der Waals surface area (Å²) in [5.74, 6) is -0.279. The molecule has 3 aromatic rings. The lowest BCUT2D eigenvalue weighted by Crippen LogP contribution is -2.37. The molecule has 0 aliphatic carbocycles. The van der Waals surface area contributed by atoms with Gasteiger partial charge in [-0.05, 0) is 49.4 Å². The standard InChI is InChI=1S/C23H23N3O5/c1-3-26(15-21(27)24-18-9-5-10-19(14-18)30-2)23(29)16-7-4-8-17(13-16)25-22(28)20-11-6-12-31-20/h4-14H,3,15H2,1-2H3,(H,24,27)(H,25,28). The van der Waals surface area contributed by atoms with Crippen LogP contribution in [0.1, 0.15) is 27.8 Å². The summed E-state index contributed by atoms with van der Waals surface area (Å²) in [4.78, 5) is 38.9. The molecule has 0 saturated carbocycles. The van der Waals surface area contributed by atoms with Gasteiger partial charge in [-0.1, -0.05) is 12.1 Å². The second-order valence-electron chi connectivity index (χ2n) is 6.61. The second-order valence-corrected chi connectivity index (χ2v) is 6.61. The third kappa shape index (κ3) is 5.72. The minimum atomic E-state index is -0.417. The number of carbonyl (C=O) groups excluding carboxylic acids is 3. The van der Waals surface area contributed by atoms with Crippen LogP contribution in [0.15, 0.2) is 71.3 Å². The van der Waals surface area contributed by atoms with Crippen LogP contribution < -0.4 is 15.4 Å². The quantitative estimate of drug-likeness (QED) is 0.578. The highest BCUT2D eigenvalue weighted by Gasteiger charge is 2.18. The maximum atomic E-state index is 12.9. The number of nitrogens with one attached hydrogen (secondary N) is 2. The molecule has 3 rings (SSSR count). The normalized spacial score (nSPS) is 10.3. The minimum absolute atomic E-state index is 0.116. The molecule has 160 valence electrons. The van der Waals surface area contributed by atoms with Gasteiger partial charge in [0.1, 0.15) is 12.3 Å². The van der Waals surface area contributed by atoms with Gasteiger partial charge in [-0.3, -0.25) is 14.4 Å². The Bertz CT molecular complexity index is 1060. The highest BCUT2D eigenvalue weighted by atomic mass is 16.5. The highest BCUT2D eigenvalue weighted by molar-refractivity contribution is 6.04. The molecule has 0 spiro atoms. The first-order valence-corrected chi connectivity index (χ1v) is 9.68. The van der Waals surface area contributed by atoms with E-state index in [4.69, 9.17) is 9.15 Å². The second kappa shape index (κ2) is 10.1. The van der Waals surface area contributed by atoms with Crippen LogP contribution in [-0.4, -0.2) is 42.8 Å². The number of amides is 3. The summed E-state index contributed by atoms with van der Waals surface area (Å²) in [5.41, 5.74) is 1.38. The van der Waals surface area contributed by atoms with E-state index >= 15 is 0 Å². The highest BCUT2D eigenvalue weighted by Crippen LogP contribution is 2.17. The van der Waals surface area contributed by atoms with Crippen molar-refractivity contribution in [1.29, 1.82) is 0 Å². The molecule has 0 bridgehead atoms.